The number of hydrogen-bond donors (Lipinski definition) is 0. The molecule has 0 aliphatic heterocycles. The van der Waals surface area contributed by atoms with Crippen molar-refractivity contribution < 1.29 is 0 Å². The molecule has 0 aliphatic rings. The van der Waals surface area contributed by atoms with Gasteiger partial charge < -0.3 is 0 Å². The molecule has 0 N–H and O–H groups in total. The van der Waals surface area contributed by atoms with Gasteiger partial charge in [-0.1, -0.05) is 88.4 Å². The van der Waals surface area contributed by atoms with E-state index in [-0.39, 0.29) is 15.8 Å². The Kier molecular flexibility index (Phi) is 7.75. The first-order chi connectivity index (χ1) is 11.1. The van der Waals surface area contributed by atoms with E-state index in [1.807, 2.05) is 0 Å². The van der Waals surface area contributed by atoms with Gasteiger partial charge in [0.05, 0.1) is 0 Å². The van der Waals surface area contributed by atoms with E-state index in [9.17, 15) is 0 Å². The van der Waals surface area contributed by atoms with E-state index >= 15 is 0 Å². The van der Waals surface area contributed by atoms with Crippen molar-refractivity contribution in [1.82, 2.24) is 0 Å². The van der Waals surface area contributed by atoms with Gasteiger partial charge in [0, 0.05) is 0 Å². The van der Waals surface area contributed by atoms with Gasteiger partial charge in [0.2, 0.25) is 0 Å². The molecular formula is C21H30P2. The lowest BCUT2D eigenvalue weighted by Crippen LogP contribution is -2.15. The minimum atomic E-state index is -0.210. The molecular weight excluding hydrogens is 314 g/mol. The van der Waals surface area contributed by atoms with Gasteiger partial charge in [-0.25, -0.2) is 0 Å². The Morgan fingerprint density at radius 1 is 0.652 bits per heavy atom. The molecule has 124 valence electrons. The van der Waals surface area contributed by atoms with Gasteiger partial charge in [0.1, 0.15) is 0 Å². The van der Waals surface area contributed by atoms with Crippen LogP contribution in [-0.2, 0) is 0 Å². The Hall–Kier alpha value is -0.700. The maximum Gasteiger partial charge on any atom is -0.0195 e. The highest BCUT2D eigenvalue weighted by Gasteiger charge is 2.18. The molecule has 0 aliphatic carbocycles. The Balaban J connectivity index is 2.07. The zero-order chi connectivity index (χ0) is 16.7. The molecule has 0 fully saturated rings. The predicted octanol–water partition coefficient (Wildman–Crippen LogP) is 5.81. The summed E-state index contributed by atoms with van der Waals surface area (Å²) in [4.78, 5) is 0. The van der Waals surface area contributed by atoms with Crippen molar-refractivity contribution in [2.45, 2.75) is 45.4 Å². The van der Waals surface area contributed by atoms with E-state index in [1.165, 1.54) is 29.4 Å². The van der Waals surface area contributed by atoms with Gasteiger partial charge in [-0.3, -0.25) is 0 Å². The minimum absolute atomic E-state index is 0.163. The molecule has 0 atom stereocenters. The van der Waals surface area contributed by atoms with Gasteiger partial charge >= 0.3 is 0 Å². The average molecular weight is 344 g/mol. The maximum atomic E-state index is 2.41. The summed E-state index contributed by atoms with van der Waals surface area (Å²) >= 11 is 0. The van der Waals surface area contributed by atoms with Crippen LogP contribution in [0.15, 0.2) is 60.7 Å². The molecule has 0 saturated carbocycles. The van der Waals surface area contributed by atoms with Crippen LogP contribution >= 0.6 is 15.8 Å². The Labute approximate surface area is 145 Å². The van der Waals surface area contributed by atoms with E-state index in [4.69, 9.17) is 0 Å². The largest absolute Gasteiger partial charge is 0.101 e. The fourth-order valence-corrected chi connectivity index (χ4v) is 8.50. The molecule has 2 heteroatoms. The monoisotopic (exact) mass is 344 g/mol. The normalized spacial score (nSPS) is 11.8. The highest BCUT2D eigenvalue weighted by Crippen LogP contribution is 2.47. The first-order valence-electron chi connectivity index (χ1n) is 8.73. The Bertz CT molecular complexity index is 501. The van der Waals surface area contributed by atoms with Crippen molar-refractivity contribution in [3.8, 4) is 0 Å². The second kappa shape index (κ2) is 9.56. The van der Waals surface area contributed by atoms with Gasteiger partial charge in [-0.15, -0.1) is 7.92 Å². The fraction of sp³-hybridized carbons (Fsp3) is 0.429. The number of hydrogen-bond acceptors (Lipinski definition) is 0. The molecule has 2 rings (SSSR count). The second-order valence-corrected chi connectivity index (χ2v) is 12.5. The van der Waals surface area contributed by atoms with Crippen LogP contribution < -0.4 is 10.6 Å². The van der Waals surface area contributed by atoms with Crippen molar-refractivity contribution in [2.24, 2.45) is 0 Å². The standard InChI is InChI=1S/C21H30P2/c1-18(2)22(19(3)4)16-11-17-23(20-12-7-5-8-13-20)21-14-9-6-10-15-21/h5-10,12-15,18-19H,11,16-17H2,1-4H3. The molecule has 0 unspecified atom stereocenters. The van der Waals surface area contributed by atoms with Crippen LogP contribution in [0.25, 0.3) is 0 Å². The van der Waals surface area contributed by atoms with Gasteiger partial charge in [-0.2, -0.15) is 0 Å². The molecule has 0 heterocycles. The predicted molar refractivity (Wildman–Crippen MR) is 111 cm³/mol. The van der Waals surface area contributed by atoms with Crippen LogP contribution in [0.2, 0.25) is 0 Å². The van der Waals surface area contributed by atoms with Crippen molar-refractivity contribution in [2.75, 3.05) is 12.3 Å². The number of benzene rings is 2. The SMILES string of the molecule is CC(C)P(CCCP(c1ccccc1)c1ccccc1)C(C)C. The lowest BCUT2D eigenvalue weighted by molar-refractivity contribution is 0.974. The summed E-state index contributed by atoms with van der Waals surface area (Å²) in [5.41, 5.74) is 1.70. The van der Waals surface area contributed by atoms with E-state index in [0.717, 1.165) is 11.3 Å². The highest BCUT2D eigenvalue weighted by atomic mass is 31.1. The first-order valence-corrected chi connectivity index (χ1v) is 11.9. The molecule has 0 nitrogen and oxygen atoms in total. The van der Waals surface area contributed by atoms with Gasteiger partial charge in [0.25, 0.3) is 0 Å². The van der Waals surface area contributed by atoms with Crippen LogP contribution in [0.5, 0.6) is 0 Å². The summed E-state index contributed by atoms with van der Waals surface area (Å²) in [6.45, 7) is 9.62. The van der Waals surface area contributed by atoms with Gasteiger partial charge in [-0.05, 0) is 48.6 Å². The molecule has 0 saturated heterocycles. The molecule has 0 aromatic heterocycles. The van der Waals surface area contributed by atoms with Crippen molar-refractivity contribution >= 4 is 26.5 Å². The Morgan fingerprint density at radius 2 is 1.09 bits per heavy atom. The minimum Gasteiger partial charge on any atom is -0.101 e. The van der Waals surface area contributed by atoms with E-state index < -0.39 is 0 Å². The zero-order valence-electron chi connectivity index (χ0n) is 14.9. The molecule has 2 aromatic carbocycles. The molecule has 0 bridgehead atoms. The lowest BCUT2D eigenvalue weighted by atomic mass is 10.4. The number of rotatable bonds is 8. The quantitative estimate of drug-likeness (QED) is 0.530. The summed E-state index contributed by atoms with van der Waals surface area (Å²) in [5.74, 6) is 0. The third-order valence-corrected chi connectivity index (χ3v) is 10.4. The third-order valence-electron chi connectivity index (χ3n) is 4.26. The lowest BCUT2D eigenvalue weighted by Gasteiger charge is -2.27. The highest BCUT2D eigenvalue weighted by molar-refractivity contribution is 7.73. The maximum absolute atomic E-state index is 2.41. The summed E-state index contributed by atoms with van der Waals surface area (Å²) in [6, 6.07) is 22.2. The van der Waals surface area contributed by atoms with Crippen LogP contribution in [0, 0.1) is 0 Å². The second-order valence-electron chi connectivity index (χ2n) is 6.60. The summed E-state index contributed by atoms with van der Waals surface area (Å²) in [6.07, 6.45) is 4.10. The van der Waals surface area contributed by atoms with Crippen molar-refractivity contribution in [3.05, 3.63) is 60.7 Å². The zero-order valence-corrected chi connectivity index (χ0v) is 16.7. The van der Waals surface area contributed by atoms with E-state index in [1.54, 1.807) is 0 Å². The molecule has 23 heavy (non-hydrogen) atoms. The fourth-order valence-electron chi connectivity index (χ4n) is 3.15. The smallest absolute Gasteiger partial charge is 0.0195 e. The third kappa shape index (κ3) is 5.70. The molecule has 0 amide bonds. The van der Waals surface area contributed by atoms with Crippen LogP contribution in [0.3, 0.4) is 0 Å². The van der Waals surface area contributed by atoms with Crippen molar-refractivity contribution in [3.63, 3.8) is 0 Å². The van der Waals surface area contributed by atoms with Crippen LogP contribution in [0.1, 0.15) is 34.1 Å². The summed E-state index contributed by atoms with van der Waals surface area (Å²) in [5, 5.41) is 3.04. The van der Waals surface area contributed by atoms with Crippen LogP contribution in [-0.4, -0.2) is 23.6 Å². The summed E-state index contributed by atoms with van der Waals surface area (Å²) < 4.78 is 0. The molecule has 0 spiro atoms. The summed E-state index contributed by atoms with van der Waals surface area (Å²) in [7, 11) is -0.0465. The van der Waals surface area contributed by atoms with Crippen molar-refractivity contribution in [1.29, 1.82) is 0 Å². The van der Waals surface area contributed by atoms with E-state index in [2.05, 4.69) is 88.4 Å². The topological polar surface area (TPSA) is 0 Å². The van der Waals surface area contributed by atoms with Gasteiger partial charge in [0.15, 0.2) is 0 Å². The van der Waals surface area contributed by atoms with Crippen LogP contribution in [0.4, 0.5) is 0 Å². The Morgan fingerprint density at radius 3 is 1.48 bits per heavy atom. The average Bonchev–Trinajstić information content (AvgIpc) is 2.56. The molecule has 0 radical (unpaired) electrons. The first kappa shape index (κ1) is 18.6. The van der Waals surface area contributed by atoms with E-state index in [0.29, 0.717) is 0 Å². The molecule has 2 aromatic rings.